The molecule has 1 aliphatic carbocycles. The molecule has 42 heavy (non-hydrogen) atoms. The maximum Gasteiger partial charge on any atom is 0.419 e. The molecule has 3 aliphatic rings. The van der Waals surface area contributed by atoms with Gasteiger partial charge in [-0.2, -0.15) is 13.2 Å². The number of nitrogens with zero attached hydrogens (tertiary/aromatic N) is 3. The van der Waals surface area contributed by atoms with Crippen LogP contribution in [0.5, 0.6) is 5.75 Å². The lowest BCUT2D eigenvalue weighted by molar-refractivity contribution is -0.142. The van der Waals surface area contributed by atoms with Gasteiger partial charge in [0.15, 0.2) is 0 Å². The van der Waals surface area contributed by atoms with E-state index in [0.29, 0.717) is 37.5 Å². The molecule has 3 fully saturated rings. The number of methoxy groups -OCH3 is 1. The minimum Gasteiger partial charge on any atom is -0.496 e. The number of halogens is 4. The summed E-state index contributed by atoms with van der Waals surface area (Å²) in [4.78, 5) is 45.1. The number of benzene rings is 2. The molecule has 2 heterocycles. The van der Waals surface area contributed by atoms with Gasteiger partial charge in [-0.05, 0) is 61.6 Å². The molecule has 2 aromatic carbocycles. The third-order valence-corrected chi connectivity index (χ3v) is 9.37. The molecule has 7 nitrogen and oxygen atoms in total. The van der Waals surface area contributed by atoms with Crippen LogP contribution in [-0.2, 0) is 15.8 Å². The van der Waals surface area contributed by atoms with Gasteiger partial charge >= 0.3 is 6.18 Å². The first-order chi connectivity index (χ1) is 19.8. The number of ether oxygens (including phenoxy) is 1. The van der Waals surface area contributed by atoms with Gasteiger partial charge in [0, 0.05) is 61.1 Å². The lowest BCUT2D eigenvalue weighted by Gasteiger charge is -2.34. The van der Waals surface area contributed by atoms with Gasteiger partial charge in [0.2, 0.25) is 11.8 Å². The summed E-state index contributed by atoms with van der Waals surface area (Å²) in [6, 6.07) is 9.98. The van der Waals surface area contributed by atoms with Crippen LogP contribution in [0.25, 0.3) is 0 Å². The smallest absolute Gasteiger partial charge is 0.419 e. The molecule has 2 atom stereocenters. The standard InChI is InChI=1S/C31H35ClF3N3O4/c1-30(12-13-30)29(41)37-14-10-20(11-15-37)28(40)38-17-23(19-4-7-22(32)8-5-19)25(18-38)36(2)27(39)21-6-9-26(42-3)24(16-21)31(33,34)35/h4-9,16,20,23,25H,10-15,17-18H2,1-3H3/t23-,25+/m0/s1. The first-order valence-electron chi connectivity index (χ1n) is 14.2. The van der Waals surface area contributed by atoms with Gasteiger partial charge in [-0.15, -0.1) is 0 Å². The Bertz CT molecular complexity index is 1350. The molecule has 1 saturated carbocycles. The molecule has 5 rings (SSSR count). The van der Waals surface area contributed by atoms with Gasteiger partial charge in [0.05, 0.1) is 18.7 Å². The summed E-state index contributed by atoms with van der Waals surface area (Å²) in [7, 11) is 2.71. The molecule has 0 aromatic heterocycles. The predicted octanol–water partition coefficient (Wildman–Crippen LogP) is 5.47. The van der Waals surface area contributed by atoms with Crippen LogP contribution in [0.3, 0.4) is 0 Å². The Hall–Kier alpha value is -3.27. The summed E-state index contributed by atoms with van der Waals surface area (Å²) in [5.41, 5.74) is -0.510. The maximum atomic E-state index is 13.7. The summed E-state index contributed by atoms with van der Waals surface area (Å²) in [6.07, 6.45) is -1.72. The van der Waals surface area contributed by atoms with E-state index in [9.17, 15) is 27.6 Å². The summed E-state index contributed by atoms with van der Waals surface area (Å²) in [5, 5.41) is 0.546. The molecule has 2 aliphatic heterocycles. The fourth-order valence-corrected chi connectivity index (χ4v) is 6.31. The molecule has 0 unspecified atom stereocenters. The fraction of sp³-hybridized carbons (Fsp3) is 0.516. The highest BCUT2D eigenvalue weighted by Crippen LogP contribution is 2.47. The van der Waals surface area contributed by atoms with Crippen molar-refractivity contribution >= 4 is 29.3 Å². The van der Waals surface area contributed by atoms with Crippen molar-refractivity contribution in [1.82, 2.24) is 14.7 Å². The van der Waals surface area contributed by atoms with Gasteiger partial charge < -0.3 is 19.4 Å². The Balaban J connectivity index is 1.34. The Morgan fingerprint density at radius 1 is 1.00 bits per heavy atom. The lowest BCUT2D eigenvalue weighted by Crippen LogP contribution is -2.46. The summed E-state index contributed by atoms with van der Waals surface area (Å²) >= 11 is 6.11. The predicted molar refractivity (Wildman–Crippen MR) is 151 cm³/mol. The molecule has 226 valence electrons. The van der Waals surface area contributed by atoms with E-state index in [1.54, 1.807) is 24.1 Å². The van der Waals surface area contributed by atoms with E-state index < -0.39 is 23.7 Å². The third kappa shape index (κ3) is 5.96. The number of amides is 3. The van der Waals surface area contributed by atoms with Gasteiger partial charge in [-0.3, -0.25) is 14.4 Å². The van der Waals surface area contributed by atoms with Crippen LogP contribution in [0, 0.1) is 11.3 Å². The second-order valence-electron chi connectivity index (χ2n) is 11.9. The number of piperidine rings is 1. The average Bonchev–Trinajstić information content (AvgIpc) is 3.58. The number of carbonyl (C=O) groups excluding carboxylic acids is 3. The summed E-state index contributed by atoms with van der Waals surface area (Å²) in [6.45, 7) is 3.67. The molecular formula is C31H35ClF3N3O4. The Morgan fingerprint density at radius 3 is 2.21 bits per heavy atom. The summed E-state index contributed by atoms with van der Waals surface area (Å²) in [5.74, 6) is -1.30. The van der Waals surface area contributed by atoms with Crippen LogP contribution in [0.1, 0.15) is 60.0 Å². The molecule has 3 amide bonds. The summed E-state index contributed by atoms with van der Waals surface area (Å²) < 4.78 is 45.9. The Kier molecular flexibility index (Phi) is 8.22. The maximum absolute atomic E-state index is 13.7. The first kappa shape index (κ1) is 30.2. The van der Waals surface area contributed by atoms with E-state index >= 15 is 0 Å². The molecule has 2 aromatic rings. The average molecular weight is 606 g/mol. The van der Waals surface area contributed by atoms with Crippen molar-refractivity contribution in [2.75, 3.05) is 40.3 Å². The number of likely N-dealkylation sites (N-methyl/N-ethyl adjacent to an activating group) is 1. The van der Waals surface area contributed by atoms with Crippen molar-refractivity contribution in [1.29, 1.82) is 0 Å². The van der Waals surface area contributed by atoms with Crippen LogP contribution in [-0.4, -0.2) is 78.8 Å². The number of alkyl halides is 3. The van der Waals surface area contributed by atoms with E-state index in [1.807, 2.05) is 24.0 Å². The zero-order valence-corrected chi connectivity index (χ0v) is 24.7. The normalized spacial score (nSPS) is 22.2. The number of likely N-dealkylation sites (tertiary alicyclic amines) is 2. The molecule has 0 spiro atoms. The Morgan fingerprint density at radius 2 is 1.64 bits per heavy atom. The quantitative estimate of drug-likeness (QED) is 0.438. The first-order valence-corrected chi connectivity index (χ1v) is 14.6. The zero-order chi connectivity index (χ0) is 30.4. The van der Waals surface area contributed by atoms with Gasteiger partial charge in [-0.1, -0.05) is 30.7 Å². The molecule has 0 bridgehead atoms. The fourth-order valence-electron chi connectivity index (χ4n) is 6.18. The van der Waals surface area contributed by atoms with Crippen LogP contribution < -0.4 is 4.74 Å². The zero-order valence-electron chi connectivity index (χ0n) is 23.9. The molecule has 11 heteroatoms. The van der Waals surface area contributed by atoms with Crippen molar-refractivity contribution < 1.29 is 32.3 Å². The van der Waals surface area contributed by atoms with Crippen molar-refractivity contribution in [3.05, 3.63) is 64.2 Å². The van der Waals surface area contributed by atoms with Gasteiger partial charge in [0.1, 0.15) is 5.75 Å². The lowest BCUT2D eigenvalue weighted by atomic mass is 9.93. The second-order valence-corrected chi connectivity index (χ2v) is 12.4. The topological polar surface area (TPSA) is 70.2 Å². The number of rotatable bonds is 6. The molecule has 0 radical (unpaired) electrons. The van der Waals surface area contributed by atoms with Crippen LogP contribution in [0.4, 0.5) is 13.2 Å². The van der Waals surface area contributed by atoms with Crippen molar-refractivity contribution in [3.63, 3.8) is 0 Å². The van der Waals surface area contributed by atoms with E-state index in [4.69, 9.17) is 16.3 Å². The van der Waals surface area contributed by atoms with E-state index in [2.05, 4.69) is 0 Å². The highest BCUT2D eigenvalue weighted by molar-refractivity contribution is 6.30. The van der Waals surface area contributed by atoms with Gasteiger partial charge in [-0.25, -0.2) is 0 Å². The van der Waals surface area contributed by atoms with E-state index in [1.165, 1.54) is 11.0 Å². The van der Waals surface area contributed by atoms with Crippen LogP contribution in [0.2, 0.25) is 5.02 Å². The number of carbonyl (C=O) groups is 3. The van der Waals surface area contributed by atoms with Crippen molar-refractivity contribution in [3.8, 4) is 5.75 Å². The SMILES string of the molecule is COc1ccc(C(=O)N(C)[C@@H]2CN(C(=O)C3CCN(C(=O)C4(C)CC4)CC3)C[C@H]2c2ccc(Cl)cc2)cc1C(F)(F)F. The largest absolute Gasteiger partial charge is 0.496 e. The minimum absolute atomic E-state index is 0.0224. The highest BCUT2D eigenvalue weighted by atomic mass is 35.5. The highest BCUT2D eigenvalue weighted by Gasteiger charge is 2.48. The molecule has 2 saturated heterocycles. The molecule has 0 N–H and O–H groups in total. The monoisotopic (exact) mass is 605 g/mol. The van der Waals surface area contributed by atoms with Crippen molar-refractivity contribution in [2.24, 2.45) is 11.3 Å². The second kappa shape index (κ2) is 11.4. The van der Waals surface area contributed by atoms with E-state index in [0.717, 1.165) is 37.6 Å². The molecular weight excluding hydrogens is 571 g/mol. The van der Waals surface area contributed by atoms with Crippen LogP contribution in [0.15, 0.2) is 42.5 Å². The minimum atomic E-state index is -4.70. The van der Waals surface area contributed by atoms with Crippen LogP contribution >= 0.6 is 11.6 Å². The van der Waals surface area contributed by atoms with Crippen molar-refractivity contribution in [2.45, 2.75) is 50.7 Å². The number of hydrogen-bond acceptors (Lipinski definition) is 4. The van der Waals surface area contributed by atoms with E-state index in [-0.39, 0.29) is 46.9 Å². The number of hydrogen-bond donors (Lipinski definition) is 0. The Labute approximate surface area is 248 Å². The third-order valence-electron chi connectivity index (χ3n) is 9.12. The van der Waals surface area contributed by atoms with Gasteiger partial charge in [0.25, 0.3) is 5.91 Å².